The van der Waals surface area contributed by atoms with E-state index < -0.39 is 17.4 Å². The van der Waals surface area contributed by atoms with Gasteiger partial charge in [-0.1, -0.05) is 120 Å². The predicted molar refractivity (Wildman–Crippen MR) is 139 cm³/mol. The zero-order valence-corrected chi connectivity index (χ0v) is 22.8. The Labute approximate surface area is 206 Å². The monoisotopic (exact) mass is 552 g/mol. The van der Waals surface area contributed by atoms with Gasteiger partial charge in [-0.15, -0.1) is 0 Å². The van der Waals surface area contributed by atoms with E-state index in [1.54, 1.807) is 6.92 Å². The molecule has 0 N–H and O–H groups in total. The maximum atomic E-state index is 12.8. The van der Waals surface area contributed by atoms with Gasteiger partial charge in [-0.2, -0.15) is 0 Å². The Morgan fingerprint density at radius 1 is 0.613 bits per heavy atom. The molecule has 0 saturated carbocycles. The van der Waals surface area contributed by atoms with Gasteiger partial charge < -0.3 is 9.47 Å². The van der Waals surface area contributed by atoms with Crippen LogP contribution in [0, 0.1) is 5.41 Å². The van der Waals surface area contributed by atoms with Gasteiger partial charge in [0, 0.05) is 0 Å². The van der Waals surface area contributed by atoms with Crippen molar-refractivity contribution in [3.63, 3.8) is 0 Å². The highest BCUT2D eigenvalue weighted by Crippen LogP contribution is 2.29. The summed E-state index contributed by atoms with van der Waals surface area (Å²) in [5.41, 5.74) is -1.17. The first-order chi connectivity index (χ1) is 15.0. The van der Waals surface area contributed by atoms with Gasteiger partial charge in [-0.25, -0.2) is 0 Å². The van der Waals surface area contributed by atoms with Crippen LogP contribution < -0.4 is 0 Å². The first-order valence-electron chi connectivity index (χ1n) is 12.9. The predicted octanol–water partition coefficient (Wildman–Crippen LogP) is 8.19. The number of unbranched alkanes of at least 4 members (excludes halogenated alkanes) is 13. The fraction of sp³-hybridized carbons (Fsp3) is 0.923. The van der Waals surface area contributed by atoms with Crippen molar-refractivity contribution in [3.05, 3.63) is 0 Å². The van der Waals surface area contributed by atoms with E-state index in [-0.39, 0.29) is 0 Å². The van der Waals surface area contributed by atoms with E-state index in [2.05, 4.69) is 36.4 Å². The maximum Gasteiger partial charge on any atom is 0.323 e. The molecule has 0 spiro atoms. The number of esters is 2. The van der Waals surface area contributed by atoms with E-state index in [4.69, 9.17) is 9.47 Å². The summed E-state index contributed by atoms with van der Waals surface area (Å²) in [6.45, 7) is 6.94. The third-order valence-corrected chi connectivity index (χ3v) is 6.69. The highest BCUT2D eigenvalue weighted by molar-refractivity contribution is 14.1. The van der Waals surface area contributed by atoms with Crippen LogP contribution in [-0.2, 0) is 19.1 Å². The summed E-state index contributed by atoms with van der Waals surface area (Å²) in [4.78, 5) is 25.7. The smallest absolute Gasteiger partial charge is 0.323 e. The number of hydrogen-bond acceptors (Lipinski definition) is 4. The lowest BCUT2D eigenvalue weighted by Gasteiger charge is -2.25. The lowest BCUT2D eigenvalue weighted by molar-refractivity contribution is -0.172. The average Bonchev–Trinajstić information content (AvgIpc) is 2.77. The third-order valence-electron chi connectivity index (χ3n) is 5.92. The maximum absolute atomic E-state index is 12.8. The van der Waals surface area contributed by atoms with Gasteiger partial charge in [0.25, 0.3) is 0 Å². The number of rotatable bonds is 22. The molecule has 0 bridgehead atoms. The Bertz CT molecular complexity index is 409. The summed E-state index contributed by atoms with van der Waals surface area (Å²) in [5, 5.41) is 0. The van der Waals surface area contributed by atoms with Crippen LogP contribution in [0.3, 0.4) is 0 Å². The molecule has 5 heteroatoms. The Morgan fingerprint density at radius 2 is 1.00 bits per heavy atom. The molecule has 0 fully saturated rings. The number of ether oxygens (including phenoxy) is 2. The molecule has 184 valence electrons. The van der Waals surface area contributed by atoms with Crippen LogP contribution in [0.1, 0.15) is 130 Å². The molecule has 0 aliphatic carbocycles. The molecule has 4 nitrogen and oxygen atoms in total. The van der Waals surface area contributed by atoms with Crippen LogP contribution in [0.5, 0.6) is 0 Å². The Kier molecular flexibility index (Phi) is 21.3. The first-order valence-corrected chi connectivity index (χ1v) is 14.5. The molecule has 0 aromatic rings. The van der Waals surface area contributed by atoms with Gasteiger partial charge in [0.15, 0.2) is 5.41 Å². The van der Waals surface area contributed by atoms with Crippen LogP contribution in [0.4, 0.5) is 0 Å². The van der Waals surface area contributed by atoms with Crippen molar-refractivity contribution in [3.8, 4) is 0 Å². The summed E-state index contributed by atoms with van der Waals surface area (Å²) in [6, 6.07) is 0. The normalized spacial score (nSPS) is 11.5. The van der Waals surface area contributed by atoms with Gasteiger partial charge >= 0.3 is 11.9 Å². The number of hydrogen-bond donors (Lipinski definition) is 0. The standard InChI is InChI=1S/C26H49IO4/c1-4-6-8-10-14-18-22-30-24(28)26(3,20-16-12-13-17-21-27)25(29)31-23-19-15-11-9-7-5-2/h4-23H2,1-3H3. The van der Waals surface area contributed by atoms with Crippen molar-refractivity contribution < 1.29 is 19.1 Å². The van der Waals surface area contributed by atoms with E-state index in [0.717, 1.165) is 49.4 Å². The van der Waals surface area contributed by atoms with Gasteiger partial charge in [0.1, 0.15) is 0 Å². The highest BCUT2D eigenvalue weighted by atomic mass is 127. The van der Waals surface area contributed by atoms with E-state index >= 15 is 0 Å². The third kappa shape index (κ3) is 16.0. The fourth-order valence-electron chi connectivity index (χ4n) is 3.63. The van der Waals surface area contributed by atoms with Crippen LogP contribution in [0.2, 0.25) is 0 Å². The van der Waals surface area contributed by atoms with Crippen molar-refractivity contribution in [1.29, 1.82) is 0 Å². The minimum Gasteiger partial charge on any atom is -0.465 e. The summed E-state index contributed by atoms with van der Waals surface area (Å²) >= 11 is 2.39. The molecular formula is C26H49IO4. The van der Waals surface area contributed by atoms with Crippen molar-refractivity contribution >= 4 is 34.5 Å². The summed E-state index contributed by atoms with van der Waals surface area (Å²) in [7, 11) is 0. The Balaban J connectivity index is 4.47. The van der Waals surface area contributed by atoms with Crippen LogP contribution in [0.25, 0.3) is 0 Å². The molecule has 31 heavy (non-hydrogen) atoms. The van der Waals surface area contributed by atoms with Crippen molar-refractivity contribution in [1.82, 2.24) is 0 Å². The van der Waals surface area contributed by atoms with Crippen molar-refractivity contribution in [2.24, 2.45) is 5.41 Å². The number of carbonyl (C=O) groups is 2. The van der Waals surface area contributed by atoms with Gasteiger partial charge in [0.05, 0.1) is 13.2 Å². The minimum atomic E-state index is -1.17. The van der Waals surface area contributed by atoms with Gasteiger partial charge in [-0.05, 0) is 37.0 Å². The lowest BCUT2D eigenvalue weighted by Crippen LogP contribution is -2.39. The average molecular weight is 553 g/mol. The quantitative estimate of drug-likeness (QED) is 0.0447. The Morgan fingerprint density at radius 3 is 1.45 bits per heavy atom. The second-order valence-electron chi connectivity index (χ2n) is 8.99. The lowest BCUT2D eigenvalue weighted by atomic mass is 9.84. The number of halogens is 1. The number of carbonyl (C=O) groups excluding carboxylic acids is 2. The molecule has 0 rings (SSSR count). The van der Waals surface area contributed by atoms with E-state index in [9.17, 15) is 9.59 Å². The first kappa shape index (κ1) is 30.7. The molecule has 0 radical (unpaired) electrons. The molecule has 0 saturated heterocycles. The highest BCUT2D eigenvalue weighted by Gasteiger charge is 2.43. The topological polar surface area (TPSA) is 52.6 Å². The van der Waals surface area contributed by atoms with Crippen molar-refractivity contribution in [2.45, 2.75) is 130 Å². The van der Waals surface area contributed by atoms with E-state index in [1.807, 2.05) is 0 Å². The van der Waals surface area contributed by atoms with Crippen LogP contribution >= 0.6 is 22.6 Å². The van der Waals surface area contributed by atoms with Crippen LogP contribution in [-0.4, -0.2) is 29.6 Å². The molecule has 0 unspecified atom stereocenters. The van der Waals surface area contributed by atoms with Crippen LogP contribution in [0.15, 0.2) is 0 Å². The molecular weight excluding hydrogens is 503 g/mol. The van der Waals surface area contributed by atoms with Crippen molar-refractivity contribution in [2.75, 3.05) is 17.6 Å². The Hall–Kier alpha value is -0.330. The second-order valence-corrected chi connectivity index (χ2v) is 10.1. The molecule has 0 amide bonds. The molecule has 0 aliphatic heterocycles. The number of alkyl halides is 1. The zero-order valence-electron chi connectivity index (χ0n) is 20.7. The minimum absolute atomic E-state index is 0.400. The van der Waals surface area contributed by atoms with Gasteiger partial charge in [-0.3, -0.25) is 9.59 Å². The van der Waals surface area contributed by atoms with E-state index in [1.165, 1.54) is 57.8 Å². The van der Waals surface area contributed by atoms with Gasteiger partial charge in [0.2, 0.25) is 0 Å². The summed E-state index contributed by atoms with van der Waals surface area (Å²) in [6.07, 6.45) is 18.4. The SMILES string of the molecule is CCCCCCCCOC(=O)C(C)(CCCCCCI)C(=O)OCCCCCCCC. The molecule has 0 heterocycles. The second kappa shape index (κ2) is 21.5. The fourth-order valence-corrected chi connectivity index (χ4v) is 4.17. The van der Waals surface area contributed by atoms with E-state index in [0.29, 0.717) is 19.6 Å². The molecule has 0 aliphatic rings. The zero-order chi connectivity index (χ0) is 23.2. The molecule has 0 aromatic heterocycles. The molecule has 0 atom stereocenters. The summed E-state index contributed by atoms with van der Waals surface area (Å²) < 4.78 is 12.2. The largest absolute Gasteiger partial charge is 0.465 e. The summed E-state index contributed by atoms with van der Waals surface area (Å²) in [5.74, 6) is -0.800. The molecule has 0 aromatic carbocycles.